The Labute approximate surface area is 128 Å². The van der Waals surface area contributed by atoms with E-state index in [1.165, 1.54) is 21.5 Å². The number of nitrogens with two attached hydrogens (primary N) is 2. The molecule has 0 spiro atoms. The summed E-state index contributed by atoms with van der Waals surface area (Å²) >= 11 is 0. The standard InChI is InChI=1S/C16H14N4.ClH/c17-16(18)20-19-10-11-5-6-13-8-7-12-3-1-2-4-14(12)15(13)9-11;/h1-10H,(H4,17,18,20);1H/b19-10+;. The van der Waals surface area contributed by atoms with E-state index in [1.807, 2.05) is 18.2 Å². The third-order valence-corrected chi connectivity index (χ3v) is 3.15. The molecular weight excluding hydrogens is 284 g/mol. The Morgan fingerprint density at radius 2 is 1.52 bits per heavy atom. The third kappa shape index (κ3) is 3.12. The van der Waals surface area contributed by atoms with Gasteiger partial charge in [0.25, 0.3) is 0 Å². The van der Waals surface area contributed by atoms with Crippen LogP contribution in [0.1, 0.15) is 5.56 Å². The highest BCUT2D eigenvalue weighted by atomic mass is 35.5. The van der Waals surface area contributed by atoms with Crippen molar-refractivity contribution in [2.45, 2.75) is 0 Å². The van der Waals surface area contributed by atoms with Crippen molar-refractivity contribution in [1.29, 1.82) is 0 Å². The van der Waals surface area contributed by atoms with Crippen molar-refractivity contribution < 1.29 is 0 Å². The van der Waals surface area contributed by atoms with E-state index in [0.29, 0.717) is 0 Å². The van der Waals surface area contributed by atoms with Crippen LogP contribution >= 0.6 is 12.4 Å². The lowest BCUT2D eigenvalue weighted by molar-refractivity contribution is 1.22. The zero-order valence-electron chi connectivity index (χ0n) is 11.2. The molecule has 4 nitrogen and oxygen atoms in total. The summed E-state index contributed by atoms with van der Waals surface area (Å²) in [6, 6.07) is 18.7. The summed E-state index contributed by atoms with van der Waals surface area (Å²) in [5.74, 6) is -0.0486. The van der Waals surface area contributed by atoms with Gasteiger partial charge in [0.1, 0.15) is 0 Å². The molecule has 3 aromatic carbocycles. The zero-order chi connectivity index (χ0) is 13.9. The van der Waals surface area contributed by atoms with Crippen molar-refractivity contribution in [3.63, 3.8) is 0 Å². The molecule has 0 aliphatic rings. The number of fused-ring (bicyclic) bond motifs is 3. The number of nitrogens with zero attached hydrogens (tertiary/aromatic N) is 2. The van der Waals surface area contributed by atoms with Crippen molar-refractivity contribution in [2.75, 3.05) is 0 Å². The Balaban J connectivity index is 0.00000161. The lowest BCUT2D eigenvalue weighted by Gasteiger charge is -2.04. The van der Waals surface area contributed by atoms with Gasteiger partial charge in [0.05, 0.1) is 6.21 Å². The summed E-state index contributed by atoms with van der Waals surface area (Å²) in [5.41, 5.74) is 11.4. The lowest BCUT2D eigenvalue weighted by Crippen LogP contribution is -2.21. The van der Waals surface area contributed by atoms with Crippen molar-refractivity contribution in [2.24, 2.45) is 21.7 Å². The smallest absolute Gasteiger partial charge is 0.211 e. The fraction of sp³-hybridized carbons (Fsp3) is 0. The van der Waals surface area contributed by atoms with Gasteiger partial charge in [-0.3, -0.25) is 0 Å². The average Bonchev–Trinajstić information content (AvgIpc) is 2.47. The number of rotatable bonds is 2. The molecule has 0 saturated heterocycles. The van der Waals surface area contributed by atoms with Crippen LogP contribution in [0.15, 0.2) is 64.8 Å². The first-order valence-electron chi connectivity index (χ1n) is 6.27. The molecular formula is C16H15ClN4. The average molecular weight is 299 g/mol. The van der Waals surface area contributed by atoms with Gasteiger partial charge in [-0.15, -0.1) is 17.5 Å². The summed E-state index contributed by atoms with van der Waals surface area (Å²) in [7, 11) is 0. The van der Waals surface area contributed by atoms with E-state index >= 15 is 0 Å². The molecule has 21 heavy (non-hydrogen) atoms. The molecule has 0 aromatic heterocycles. The number of guanidine groups is 1. The van der Waals surface area contributed by atoms with E-state index in [1.54, 1.807) is 6.21 Å². The van der Waals surface area contributed by atoms with Gasteiger partial charge in [0.15, 0.2) is 0 Å². The van der Waals surface area contributed by atoms with Crippen molar-refractivity contribution in [3.8, 4) is 0 Å². The molecule has 0 aliphatic carbocycles. The maximum atomic E-state index is 5.24. The van der Waals surface area contributed by atoms with Gasteiger partial charge in [-0.25, -0.2) is 0 Å². The van der Waals surface area contributed by atoms with E-state index in [9.17, 15) is 0 Å². The molecule has 0 atom stereocenters. The molecule has 4 N–H and O–H groups in total. The molecule has 0 heterocycles. The highest BCUT2D eigenvalue weighted by Crippen LogP contribution is 2.25. The molecule has 5 heteroatoms. The fourth-order valence-corrected chi connectivity index (χ4v) is 2.26. The van der Waals surface area contributed by atoms with E-state index in [0.717, 1.165) is 5.56 Å². The number of hydrogen-bond acceptors (Lipinski definition) is 2. The van der Waals surface area contributed by atoms with Crippen LogP contribution in [-0.4, -0.2) is 12.2 Å². The van der Waals surface area contributed by atoms with Crippen LogP contribution in [0.2, 0.25) is 0 Å². The molecule has 0 saturated carbocycles. The molecule has 0 aliphatic heterocycles. The molecule has 0 unspecified atom stereocenters. The van der Waals surface area contributed by atoms with E-state index in [4.69, 9.17) is 11.5 Å². The van der Waals surface area contributed by atoms with Gasteiger partial charge >= 0.3 is 0 Å². The Bertz CT molecular complexity index is 836. The largest absolute Gasteiger partial charge is 0.369 e. The number of halogens is 1. The molecule has 3 rings (SSSR count). The second-order valence-corrected chi connectivity index (χ2v) is 4.54. The summed E-state index contributed by atoms with van der Waals surface area (Å²) in [6.45, 7) is 0. The first-order valence-corrected chi connectivity index (χ1v) is 6.27. The van der Waals surface area contributed by atoms with Crippen molar-refractivity contribution >= 4 is 46.1 Å². The lowest BCUT2D eigenvalue weighted by atomic mass is 10.0. The van der Waals surface area contributed by atoms with Crippen LogP contribution in [0.25, 0.3) is 21.5 Å². The van der Waals surface area contributed by atoms with Gasteiger partial charge in [-0.05, 0) is 33.2 Å². The molecule has 0 fully saturated rings. The van der Waals surface area contributed by atoms with Crippen LogP contribution in [0.5, 0.6) is 0 Å². The predicted molar refractivity (Wildman–Crippen MR) is 92.1 cm³/mol. The second kappa shape index (κ2) is 6.24. The van der Waals surface area contributed by atoms with Crippen LogP contribution in [0.4, 0.5) is 0 Å². The van der Waals surface area contributed by atoms with E-state index < -0.39 is 0 Å². The quantitative estimate of drug-likeness (QED) is 0.330. The highest BCUT2D eigenvalue weighted by molar-refractivity contribution is 6.08. The third-order valence-electron chi connectivity index (χ3n) is 3.15. The fourth-order valence-electron chi connectivity index (χ4n) is 2.26. The number of benzene rings is 3. The first-order chi connectivity index (χ1) is 9.74. The zero-order valence-corrected chi connectivity index (χ0v) is 12.0. The second-order valence-electron chi connectivity index (χ2n) is 4.54. The summed E-state index contributed by atoms with van der Waals surface area (Å²) in [5, 5.41) is 12.3. The topological polar surface area (TPSA) is 76.8 Å². The van der Waals surface area contributed by atoms with Crippen molar-refractivity contribution in [1.82, 2.24) is 0 Å². The van der Waals surface area contributed by atoms with Crippen LogP contribution < -0.4 is 11.5 Å². The SMILES string of the molecule is Cl.NC(N)=N/N=C/c1ccc2ccc3ccccc3c2c1. The predicted octanol–water partition coefficient (Wildman–Crippen LogP) is 3.02. The Morgan fingerprint density at radius 3 is 2.29 bits per heavy atom. The van der Waals surface area contributed by atoms with Gasteiger partial charge in [0, 0.05) is 0 Å². The van der Waals surface area contributed by atoms with Gasteiger partial charge < -0.3 is 11.5 Å². The van der Waals surface area contributed by atoms with Gasteiger partial charge in [-0.2, -0.15) is 5.10 Å². The summed E-state index contributed by atoms with van der Waals surface area (Å²) < 4.78 is 0. The minimum atomic E-state index is -0.0486. The summed E-state index contributed by atoms with van der Waals surface area (Å²) in [4.78, 5) is 0. The molecule has 0 radical (unpaired) electrons. The minimum Gasteiger partial charge on any atom is -0.369 e. The number of hydrogen-bond donors (Lipinski definition) is 2. The first kappa shape index (κ1) is 14.8. The maximum Gasteiger partial charge on any atom is 0.211 e. The Kier molecular flexibility index (Phi) is 4.40. The van der Waals surface area contributed by atoms with Crippen molar-refractivity contribution in [3.05, 3.63) is 60.2 Å². The molecule has 106 valence electrons. The van der Waals surface area contributed by atoms with Crippen LogP contribution in [-0.2, 0) is 0 Å². The minimum absolute atomic E-state index is 0. The molecule has 3 aromatic rings. The highest BCUT2D eigenvalue weighted by Gasteiger charge is 2.00. The normalized spacial score (nSPS) is 10.7. The van der Waals surface area contributed by atoms with Gasteiger partial charge in [-0.1, -0.05) is 48.5 Å². The van der Waals surface area contributed by atoms with E-state index in [2.05, 4.69) is 46.6 Å². The summed E-state index contributed by atoms with van der Waals surface area (Å²) in [6.07, 6.45) is 1.64. The molecule has 0 bridgehead atoms. The Morgan fingerprint density at radius 1 is 0.857 bits per heavy atom. The maximum absolute atomic E-state index is 5.24. The van der Waals surface area contributed by atoms with E-state index in [-0.39, 0.29) is 18.4 Å². The van der Waals surface area contributed by atoms with Crippen LogP contribution in [0, 0.1) is 0 Å². The molecule has 0 amide bonds. The van der Waals surface area contributed by atoms with Crippen LogP contribution in [0.3, 0.4) is 0 Å². The Hall–Kier alpha value is -2.59. The monoisotopic (exact) mass is 298 g/mol. The van der Waals surface area contributed by atoms with Gasteiger partial charge in [0.2, 0.25) is 5.96 Å².